The van der Waals surface area contributed by atoms with E-state index in [-0.39, 0.29) is 5.78 Å². The van der Waals surface area contributed by atoms with Crippen LogP contribution in [0, 0.1) is 0 Å². The van der Waals surface area contributed by atoms with Crippen molar-refractivity contribution in [2.45, 2.75) is 32.1 Å². The summed E-state index contributed by atoms with van der Waals surface area (Å²) in [5.74, 6) is 0.818. The molecule has 1 saturated heterocycles. The standard InChI is InChI=1S/C15H21NO/c1-12(17)13-5-7-15(8-6-13)14-4-3-10-16(2)11-9-14/h5-8,14H,3-4,9-11H2,1-2H3. The molecule has 1 unspecified atom stereocenters. The number of likely N-dealkylation sites (tertiary alicyclic amines) is 1. The van der Waals surface area contributed by atoms with Gasteiger partial charge in [0.1, 0.15) is 0 Å². The molecule has 1 aromatic carbocycles. The highest BCUT2D eigenvalue weighted by molar-refractivity contribution is 5.94. The SMILES string of the molecule is CC(=O)c1ccc(C2CCCN(C)CC2)cc1. The largest absolute Gasteiger partial charge is 0.306 e. The minimum atomic E-state index is 0.150. The fourth-order valence-corrected chi connectivity index (χ4v) is 2.56. The van der Waals surface area contributed by atoms with E-state index < -0.39 is 0 Å². The molecule has 1 atom stereocenters. The molecular weight excluding hydrogens is 210 g/mol. The van der Waals surface area contributed by atoms with Crippen LogP contribution >= 0.6 is 0 Å². The number of rotatable bonds is 2. The summed E-state index contributed by atoms with van der Waals surface area (Å²) in [6.07, 6.45) is 3.77. The average molecular weight is 231 g/mol. The van der Waals surface area contributed by atoms with E-state index >= 15 is 0 Å². The van der Waals surface area contributed by atoms with E-state index in [1.165, 1.54) is 37.9 Å². The van der Waals surface area contributed by atoms with Crippen molar-refractivity contribution in [2.24, 2.45) is 0 Å². The van der Waals surface area contributed by atoms with Crippen LogP contribution in [-0.2, 0) is 0 Å². The first-order valence-electron chi connectivity index (χ1n) is 6.46. The maximum Gasteiger partial charge on any atom is 0.159 e. The van der Waals surface area contributed by atoms with Gasteiger partial charge in [-0.1, -0.05) is 24.3 Å². The lowest BCUT2D eigenvalue weighted by atomic mass is 9.91. The van der Waals surface area contributed by atoms with Crippen LogP contribution in [0.3, 0.4) is 0 Å². The van der Waals surface area contributed by atoms with E-state index in [1.807, 2.05) is 12.1 Å². The first-order chi connectivity index (χ1) is 8.16. The normalized spacial score (nSPS) is 22.1. The minimum Gasteiger partial charge on any atom is -0.306 e. The molecule has 2 rings (SSSR count). The van der Waals surface area contributed by atoms with Gasteiger partial charge in [-0.25, -0.2) is 0 Å². The maximum atomic E-state index is 11.2. The predicted molar refractivity (Wildman–Crippen MR) is 70.5 cm³/mol. The van der Waals surface area contributed by atoms with Crippen molar-refractivity contribution in [3.8, 4) is 0 Å². The highest BCUT2D eigenvalue weighted by Gasteiger charge is 2.16. The van der Waals surface area contributed by atoms with Gasteiger partial charge in [-0.3, -0.25) is 4.79 Å². The van der Waals surface area contributed by atoms with Crippen LogP contribution in [-0.4, -0.2) is 30.8 Å². The maximum absolute atomic E-state index is 11.2. The van der Waals surface area contributed by atoms with Gasteiger partial charge in [0.15, 0.2) is 5.78 Å². The van der Waals surface area contributed by atoms with Crippen LogP contribution in [0.25, 0.3) is 0 Å². The van der Waals surface area contributed by atoms with Gasteiger partial charge in [0.2, 0.25) is 0 Å². The van der Waals surface area contributed by atoms with Crippen LogP contribution < -0.4 is 0 Å². The molecule has 1 heterocycles. The molecular formula is C15H21NO. The quantitative estimate of drug-likeness (QED) is 0.729. The lowest BCUT2D eigenvalue weighted by Gasteiger charge is -2.15. The molecule has 0 spiro atoms. The van der Waals surface area contributed by atoms with E-state index in [2.05, 4.69) is 24.1 Å². The number of ketones is 1. The van der Waals surface area contributed by atoms with Crippen molar-refractivity contribution in [1.29, 1.82) is 0 Å². The number of carbonyl (C=O) groups excluding carboxylic acids is 1. The molecule has 1 fully saturated rings. The molecule has 1 aliphatic heterocycles. The molecule has 1 aliphatic rings. The van der Waals surface area contributed by atoms with Crippen molar-refractivity contribution < 1.29 is 4.79 Å². The number of nitrogens with zero attached hydrogens (tertiary/aromatic N) is 1. The second-order valence-electron chi connectivity index (χ2n) is 5.11. The lowest BCUT2D eigenvalue weighted by molar-refractivity contribution is 0.101. The molecule has 0 bridgehead atoms. The Kier molecular flexibility index (Phi) is 3.95. The first kappa shape index (κ1) is 12.3. The smallest absolute Gasteiger partial charge is 0.159 e. The molecule has 0 radical (unpaired) electrons. The summed E-state index contributed by atoms with van der Waals surface area (Å²) in [5.41, 5.74) is 2.21. The van der Waals surface area contributed by atoms with Gasteiger partial charge in [-0.15, -0.1) is 0 Å². The monoisotopic (exact) mass is 231 g/mol. The third-order valence-electron chi connectivity index (χ3n) is 3.74. The number of hydrogen-bond donors (Lipinski definition) is 0. The van der Waals surface area contributed by atoms with E-state index in [4.69, 9.17) is 0 Å². The minimum absolute atomic E-state index is 0.150. The number of Topliss-reactive ketones (excluding diaryl/α,β-unsaturated/α-hetero) is 1. The van der Waals surface area contributed by atoms with Gasteiger partial charge in [0.25, 0.3) is 0 Å². The molecule has 0 N–H and O–H groups in total. The van der Waals surface area contributed by atoms with Crippen LogP contribution in [0.1, 0.15) is 48.0 Å². The zero-order valence-corrected chi connectivity index (χ0v) is 10.8. The third kappa shape index (κ3) is 3.16. The molecule has 0 aliphatic carbocycles. The summed E-state index contributed by atoms with van der Waals surface area (Å²) < 4.78 is 0. The zero-order valence-electron chi connectivity index (χ0n) is 10.8. The second kappa shape index (κ2) is 5.46. The molecule has 0 amide bonds. The summed E-state index contributed by atoms with van der Waals surface area (Å²) >= 11 is 0. The van der Waals surface area contributed by atoms with Crippen molar-refractivity contribution >= 4 is 5.78 Å². The average Bonchev–Trinajstić information content (AvgIpc) is 2.54. The summed E-state index contributed by atoms with van der Waals surface area (Å²) in [7, 11) is 2.20. The van der Waals surface area contributed by atoms with E-state index in [9.17, 15) is 4.79 Å². The summed E-state index contributed by atoms with van der Waals surface area (Å²) in [6.45, 7) is 4.01. The van der Waals surface area contributed by atoms with Crippen molar-refractivity contribution in [2.75, 3.05) is 20.1 Å². The fourth-order valence-electron chi connectivity index (χ4n) is 2.56. The van der Waals surface area contributed by atoms with Gasteiger partial charge < -0.3 is 4.90 Å². The third-order valence-corrected chi connectivity index (χ3v) is 3.74. The van der Waals surface area contributed by atoms with Crippen LogP contribution in [0.5, 0.6) is 0 Å². The first-order valence-corrected chi connectivity index (χ1v) is 6.46. The number of benzene rings is 1. The Labute approximate surface area is 104 Å². The number of carbonyl (C=O) groups is 1. The topological polar surface area (TPSA) is 20.3 Å². The highest BCUT2D eigenvalue weighted by atomic mass is 16.1. The Morgan fingerprint density at radius 3 is 2.53 bits per heavy atom. The van der Waals surface area contributed by atoms with E-state index in [1.54, 1.807) is 6.92 Å². The summed E-state index contributed by atoms with van der Waals surface area (Å²) in [4.78, 5) is 13.6. The molecule has 92 valence electrons. The number of hydrogen-bond acceptors (Lipinski definition) is 2. The zero-order chi connectivity index (χ0) is 12.3. The van der Waals surface area contributed by atoms with Gasteiger partial charge >= 0.3 is 0 Å². The van der Waals surface area contributed by atoms with Gasteiger partial charge in [0.05, 0.1) is 0 Å². The second-order valence-corrected chi connectivity index (χ2v) is 5.11. The lowest BCUT2D eigenvalue weighted by Crippen LogP contribution is -2.18. The Hall–Kier alpha value is -1.15. The van der Waals surface area contributed by atoms with Gasteiger partial charge in [-0.05, 0) is 57.8 Å². The van der Waals surface area contributed by atoms with Gasteiger partial charge in [-0.2, -0.15) is 0 Å². The Morgan fingerprint density at radius 1 is 1.18 bits per heavy atom. The Morgan fingerprint density at radius 2 is 1.88 bits per heavy atom. The molecule has 17 heavy (non-hydrogen) atoms. The van der Waals surface area contributed by atoms with Crippen LogP contribution in [0.2, 0.25) is 0 Å². The van der Waals surface area contributed by atoms with Gasteiger partial charge in [0, 0.05) is 5.56 Å². The van der Waals surface area contributed by atoms with Crippen molar-refractivity contribution in [3.63, 3.8) is 0 Å². The predicted octanol–water partition coefficient (Wildman–Crippen LogP) is 3.09. The molecule has 2 heteroatoms. The van der Waals surface area contributed by atoms with Crippen LogP contribution in [0.15, 0.2) is 24.3 Å². The molecule has 0 saturated carbocycles. The summed E-state index contributed by atoms with van der Waals surface area (Å²) in [6, 6.07) is 8.19. The van der Waals surface area contributed by atoms with Crippen molar-refractivity contribution in [3.05, 3.63) is 35.4 Å². The summed E-state index contributed by atoms with van der Waals surface area (Å²) in [5, 5.41) is 0. The molecule has 2 nitrogen and oxygen atoms in total. The fraction of sp³-hybridized carbons (Fsp3) is 0.533. The highest BCUT2D eigenvalue weighted by Crippen LogP contribution is 2.27. The van der Waals surface area contributed by atoms with E-state index in [0.717, 1.165) is 5.56 Å². The van der Waals surface area contributed by atoms with Crippen molar-refractivity contribution in [1.82, 2.24) is 4.90 Å². The van der Waals surface area contributed by atoms with Crippen LogP contribution in [0.4, 0.5) is 0 Å². The molecule has 1 aromatic rings. The Bertz CT molecular complexity index is 382. The Balaban J connectivity index is 2.08. The molecule has 0 aromatic heterocycles. The van der Waals surface area contributed by atoms with E-state index in [0.29, 0.717) is 5.92 Å².